The number of aliphatic hydroxyl groups is 2. The molecule has 2 aromatic rings. The fourth-order valence-corrected chi connectivity index (χ4v) is 2.93. The van der Waals surface area contributed by atoms with Gasteiger partial charge in [0.2, 0.25) is 0 Å². The van der Waals surface area contributed by atoms with Gasteiger partial charge in [-0.1, -0.05) is 36.4 Å². The lowest BCUT2D eigenvalue weighted by molar-refractivity contribution is -0.156. The second-order valence-corrected chi connectivity index (χ2v) is 6.65. The Hall–Kier alpha value is -2.78. The standard InChI is InChI=1S/C22H28N2O6/c1-15(23-11-13-25)17-7-3-5-9-19(17)29-21(27)22(28)30-20-10-6-4-8-18(20)16(2)24-12-14-26/h3-10,15-16,23-26H,11-14H2,1-2H3. The minimum atomic E-state index is -1.14. The van der Waals surface area contributed by atoms with Gasteiger partial charge in [-0.2, -0.15) is 0 Å². The number of para-hydroxylation sites is 2. The molecule has 0 saturated heterocycles. The summed E-state index contributed by atoms with van der Waals surface area (Å²) in [7, 11) is 0. The number of hydrogen-bond acceptors (Lipinski definition) is 8. The summed E-state index contributed by atoms with van der Waals surface area (Å²) >= 11 is 0. The Morgan fingerprint density at radius 1 is 0.767 bits per heavy atom. The van der Waals surface area contributed by atoms with Crippen molar-refractivity contribution in [3.8, 4) is 11.5 Å². The number of nitrogens with one attached hydrogen (secondary N) is 2. The van der Waals surface area contributed by atoms with Crippen molar-refractivity contribution in [2.24, 2.45) is 0 Å². The zero-order valence-corrected chi connectivity index (χ0v) is 17.1. The van der Waals surface area contributed by atoms with E-state index in [-0.39, 0.29) is 36.8 Å². The highest BCUT2D eigenvalue weighted by Gasteiger charge is 2.23. The molecule has 30 heavy (non-hydrogen) atoms. The van der Waals surface area contributed by atoms with Crippen LogP contribution in [0.5, 0.6) is 11.5 Å². The summed E-state index contributed by atoms with van der Waals surface area (Å²) in [6.07, 6.45) is 0. The van der Waals surface area contributed by atoms with Crippen LogP contribution in [0.15, 0.2) is 48.5 Å². The average Bonchev–Trinajstić information content (AvgIpc) is 2.76. The number of esters is 2. The Bertz CT molecular complexity index is 772. The van der Waals surface area contributed by atoms with Crippen LogP contribution in [0.2, 0.25) is 0 Å². The van der Waals surface area contributed by atoms with E-state index in [1.54, 1.807) is 48.5 Å². The lowest BCUT2D eigenvalue weighted by atomic mass is 10.1. The Balaban J connectivity index is 2.09. The van der Waals surface area contributed by atoms with Crippen LogP contribution >= 0.6 is 0 Å². The molecule has 0 aliphatic heterocycles. The van der Waals surface area contributed by atoms with Gasteiger partial charge in [0.15, 0.2) is 0 Å². The van der Waals surface area contributed by atoms with Crippen molar-refractivity contribution in [3.05, 3.63) is 59.7 Å². The maximum absolute atomic E-state index is 12.4. The third-order valence-corrected chi connectivity index (χ3v) is 4.47. The van der Waals surface area contributed by atoms with Crippen LogP contribution in [-0.2, 0) is 9.59 Å². The van der Waals surface area contributed by atoms with Crippen LogP contribution in [0.25, 0.3) is 0 Å². The quantitative estimate of drug-likeness (QED) is 0.261. The molecule has 2 rings (SSSR count). The topological polar surface area (TPSA) is 117 Å². The van der Waals surface area contributed by atoms with Crippen molar-refractivity contribution in [1.82, 2.24) is 10.6 Å². The summed E-state index contributed by atoms with van der Waals surface area (Å²) in [4.78, 5) is 24.7. The summed E-state index contributed by atoms with van der Waals surface area (Å²) in [6, 6.07) is 13.3. The molecular formula is C22H28N2O6. The molecule has 0 aliphatic rings. The third-order valence-electron chi connectivity index (χ3n) is 4.47. The summed E-state index contributed by atoms with van der Waals surface area (Å²) in [5, 5.41) is 24.1. The minimum Gasteiger partial charge on any atom is -0.418 e. The van der Waals surface area contributed by atoms with E-state index >= 15 is 0 Å². The molecule has 0 bridgehead atoms. The Kier molecular flexibility index (Phi) is 9.43. The lowest BCUT2D eigenvalue weighted by Crippen LogP contribution is -2.28. The minimum absolute atomic E-state index is 0.0242. The maximum atomic E-state index is 12.4. The van der Waals surface area contributed by atoms with Crippen LogP contribution in [-0.4, -0.2) is 48.5 Å². The van der Waals surface area contributed by atoms with E-state index in [1.165, 1.54) is 0 Å². The second kappa shape index (κ2) is 12.0. The largest absolute Gasteiger partial charge is 0.423 e. The Morgan fingerprint density at radius 3 is 1.50 bits per heavy atom. The van der Waals surface area contributed by atoms with E-state index in [4.69, 9.17) is 19.7 Å². The van der Waals surface area contributed by atoms with Gasteiger partial charge in [0.1, 0.15) is 11.5 Å². The number of benzene rings is 2. The molecule has 0 radical (unpaired) electrons. The molecule has 162 valence electrons. The first-order valence-corrected chi connectivity index (χ1v) is 9.78. The van der Waals surface area contributed by atoms with E-state index in [9.17, 15) is 9.59 Å². The predicted molar refractivity (Wildman–Crippen MR) is 111 cm³/mol. The first-order valence-electron chi connectivity index (χ1n) is 9.78. The van der Waals surface area contributed by atoms with E-state index < -0.39 is 11.9 Å². The van der Waals surface area contributed by atoms with Gasteiger partial charge in [0.05, 0.1) is 13.2 Å². The number of hydrogen-bond donors (Lipinski definition) is 4. The SMILES string of the molecule is CC(NCCO)c1ccccc1OC(=O)C(=O)Oc1ccccc1C(C)NCCO. The summed E-state index contributed by atoms with van der Waals surface area (Å²) in [5.74, 6) is -1.79. The molecule has 8 heteroatoms. The molecule has 0 heterocycles. The van der Waals surface area contributed by atoms with Crippen molar-refractivity contribution >= 4 is 11.9 Å². The first kappa shape index (κ1) is 23.5. The zero-order valence-electron chi connectivity index (χ0n) is 17.1. The second-order valence-electron chi connectivity index (χ2n) is 6.65. The monoisotopic (exact) mass is 416 g/mol. The van der Waals surface area contributed by atoms with Gasteiger partial charge in [-0.25, -0.2) is 9.59 Å². The fraction of sp³-hybridized carbons (Fsp3) is 0.364. The molecular weight excluding hydrogens is 388 g/mol. The molecule has 0 saturated carbocycles. The molecule has 0 amide bonds. The van der Waals surface area contributed by atoms with Crippen molar-refractivity contribution in [2.45, 2.75) is 25.9 Å². The van der Waals surface area contributed by atoms with Crippen LogP contribution in [0, 0.1) is 0 Å². The van der Waals surface area contributed by atoms with Gasteiger partial charge in [0.25, 0.3) is 0 Å². The number of carbonyl (C=O) groups excluding carboxylic acids is 2. The van der Waals surface area contributed by atoms with Gasteiger partial charge in [-0.3, -0.25) is 0 Å². The van der Waals surface area contributed by atoms with Gasteiger partial charge in [0, 0.05) is 36.3 Å². The summed E-state index contributed by atoms with van der Waals surface area (Å²) in [5.41, 5.74) is 1.35. The van der Waals surface area contributed by atoms with Gasteiger partial charge >= 0.3 is 11.9 Å². The highest BCUT2D eigenvalue weighted by molar-refractivity contribution is 6.31. The van der Waals surface area contributed by atoms with Gasteiger partial charge in [-0.05, 0) is 26.0 Å². The van der Waals surface area contributed by atoms with Crippen molar-refractivity contribution < 1.29 is 29.3 Å². The van der Waals surface area contributed by atoms with Gasteiger partial charge < -0.3 is 30.3 Å². The Labute approximate surface area is 175 Å². The van der Waals surface area contributed by atoms with E-state index in [2.05, 4.69) is 10.6 Å². The number of ether oxygens (including phenoxy) is 2. The molecule has 0 aliphatic carbocycles. The van der Waals surface area contributed by atoms with Crippen LogP contribution in [0.4, 0.5) is 0 Å². The normalized spacial score (nSPS) is 12.8. The van der Waals surface area contributed by atoms with E-state index in [0.717, 1.165) is 0 Å². The number of aliphatic hydroxyl groups excluding tert-OH is 2. The Morgan fingerprint density at radius 2 is 1.13 bits per heavy atom. The molecule has 0 spiro atoms. The summed E-state index contributed by atoms with van der Waals surface area (Å²) < 4.78 is 10.6. The van der Waals surface area contributed by atoms with E-state index in [1.807, 2.05) is 13.8 Å². The highest BCUT2D eigenvalue weighted by Crippen LogP contribution is 2.27. The fourth-order valence-electron chi connectivity index (χ4n) is 2.93. The molecule has 0 aromatic heterocycles. The van der Waals surface area contributed by atoms with Gasteiger partial charge in [-0.15, -0.1) is 0 Å². The first-order chi connectivity index (χ1) is 14.5. The lowest BCUT2D eigenvalue weighted by Gasteiger charge is -2.18. The van der Waals surface area contributed by atoms with E-state index in [0.29, 0.717) is 24.2 Å². The van der Waals surface area contributed by atoms with Crippen LogP contribution in [0.1, 0.15) is 37.1 Å². The molecule has 8 nitrogen and oxygen atoms in total. The van der Waals surface area contributed by atoms with Crippen molar-refractivity contribution in [3.63, 3.8) is 0 Å². The van der Waals surface area contributed by atoms with Crippen molar-refractivity contribution in [1.29, 1.82) is 0 Å². The molecule has 2 unspecified atom stereocenters. The van der Waals surface area contributed by atoms with Crippen LogP contribution < -0.4 is 20.1 Å². The summed E-state index contributed by atoms with van der Waals surface area (Å²) in [6.45, 7) is 4.43. The maximum Gasteiger partial charge on any atom is 0.423 e. The zero-order chi connectivity index (χ0) is 21.9. The number of carbonyl (C=O) groups is 2. The average molecular weight is 416 g/mol. The molecule has 2 atom stereocenters. The number of rotatable bonds is 10. The third kappa shape index (κ3) is 6.64. The highest BCUT2D eigenvalue weighted by atomic mass is 16.6. The predicted octanol–water partition coefficient (Wildman–Crippen LogP) is 1.48. The van der Waals surface area contributed by atoms with Crippen LogP contribution in [0.3, 0.4) is 0 Å². The van der Waals surface area contributed by atoms with Crippen molar-refractivity contribution in [2.75, 3.05) is 26.3 Å². The smallest absolute Gasteiger partial charge is 0.418 e. The molecule has 4 N–H and O–H groups in total. The molecule has 2 aromatic carbocycles. The molecule has 0 fully saturated rings.